The summed E-state index contributed by atoms with van der Waals surface area (Å²) in [4.78, 5) is 17.4. The van der Waals surface area contributed by atoms with E-state index >= 15 is 0 Å². The number of nitrogens with zero attached hydrogens (tertiary/aromatic N) is 1. The molecule has 0 atom stereocenters. The lowest BCUT2D eigenvalue weighted by Gasteiger charge is -2.25. The van der Waals surface area contributed by atoms with Gasteiger partial charge in [0.1, 0.15) is 11.3 Å². The number of benzene rings is 3. The number of nitrogens with one attached hydrogen (secondary N) is 1. The van der Waals surface area contributed by atoms with Crippen LogP contribution in [0.3, 0.4) is 0 Å². The molecule has 0 radical (unpaired) electrons. The minimum atomic E-state index is -1.04. The molecule has 4 aromatic rings. The highest BCUT2D eigenvalue weighted by atomic mass is 16.5. The number of hydrogen-bond donors (Lipinski definition) is 1. The zero-order chi connectivity index (χ0) is 21.3. The number of carbonyl (C=O) groups is 1. The molecule has 0 aliphatic carbocycles. The van der Waals surface area contributed by atoms with Gasteiger partial charge in [0, 0.05) is 11.3 Å². The molecular weight excluding hydrogens is 376 g/mol. The summed E-state index contributed by atoms with van der Waals surface area (Å²) in [5, 5.41) is 2.91. The number of para-hydroxylation sites is 1. The summed E-state index contributed by atoms with van der Waals surface area (Å²) in [6.07, 6.45) is 0. The van der Waals surface area contributed by atoms with Crippen LogP contribution in [0, 0.1) is 13.8 Å². The maximum atomic E-state index is 12.8. The van der Waals surface area contributed by atoms with E-state index < -0.39 is 5.60 Å². The van der Waals surface area contributed by atoms with Crippen LogP contribution < -0.4 is 10.1 Å². The number of carbonyl (C=O) groups excluding carboxylic acids is 1. The maximum absolute atomic E-state index is 12.8. The number of fused-ring (bicyclic) bond motifs is 1. The Labute approximate surface area is 175 Å². The Morgan fingerprint density at radius 2 is 1.73 bits per heavy atom. The second-order valence-electron chi connectivity index (χ2n) is 7.88. The predicted molar refractivity (Wildman–Crippen MR) is 119 cm³/mol. The molecule has 1 N–H and O–H groups in total. The molecule has 0 spiro atoms. The van der Waals surface area contributed by atoms with Gasteiger partial charge in [0.05, 0.1) is 0 Å². The summed E-state index contributed by atoms with van der Waals surface area (Å²) in [6.45, 7) is 7.61. The summed E-state index contributed by atoms with van der Waals surface area (Å²) >= 11 is 0. The minimum Gasteiger partial charge on any atom is -0.478 e. The van der Waals surface area contributed by atoms with Crippen molar-refractivity contribution < 1.29 is 13.9 Å². The Balaban J connectivity index is 1.54. The van der Waals surface area contributed by atoms with Crippen molar-refractivity contribution in [2.45, 2.75) is 33.3 Å². The van der Waals surface area contributed by atoms with Crippen LogP contribution in [0.25, 0.3) is 22.6 Å². The van der Waals surface area contributed by atoms with E-state index in [1.165, 1.54) is 11.1 Å². The zero-order valence-electron chi connectivity index (χ0n) is 17.5. The fraction of sp³-hybridized carbons (Fsp3) is 0.200. The molecule has 0 bridgehead atoms. The van der Waals surface area contributed by atoms with E-state index in [9.17, 15) is 4.79 Å². The smallest absolute Gasteiger partial charge is 0.267 e. The van der Waals surface area contributed by atoms with Gasteiger partial charge in [-0.3, -0.25) is 4.79 Å². The van der Waals surface area contributed by atoms with Crippen molar-refractivity contribution >= 4 is 22.7 Å². The number of hydrogen-bond acceptors (Lipinski definition) is 4. The number of aromatic nitrogens is 1. The van der Waals surface area contributed by atoms with E-state index in [2.05, 4.69) is 36.3 Å². The van der Waals surface area contributed by atoms with E-state index in [0.717, 1.165) is 5.56 Å². The molecule has 5 heteroatoms. The normalized spacial score (nSPS) is 11.5. The molecule has 0 saturated carbocycles. The standard InChI is InChI=1S/C25H24N2O3/c1-16-10-11-18(14-17(16)2)23-27-21-15-19(12-13-22(21)29-23)26-24(28)25(3,4)30-20-8-6-5-7-9-20/h5-15H,1-4H3,(H,26,28). The summed E-state index contributed by atoms with van der Waals surface area (Å²) in [6, 6.07) is 20.8. The molecule has 1 amide bonds. The first-order valence-corrected chi connectivity index (χ1v) is 9.85. The molecule has 0 unspecified atom stereocenters. The van der Waals surface area contributed by atoms with Crippen LogP contribution in [0.15, 0.2) is 71.1 Å². The van der Waals surface area contributed by atoms with E-state index in [4.69, 9.17) is 9.15 Å². The van der Waals surface area contributed by atoms with Gasteiger partial charge in [-0.05, 0) is 81.3 Å². The van der Waals surface area contributed by atoms with E-state index in [-0.39, 0.29) is 5.91 Å². The first-order chi connectivity index (χ1) is 14.3. The number of amides is 1. The van der Waals surface area contributed by atoms with Gasteiger partial charge in [-0.1, -0.05) is 24.3 Å². The van der Waals surface area contributed by atoms with E-state index in [1.54, 1.807) is 26.0 Å². The van der Waals surface area contributed by atoms with Gasteiger partial charge >= 0.3 is 0 Å². The second kappa shape index (κ2) is 7.67. The van der Waals surface area contributed by atoms with Gasteiger partial charge < -0.3 is 14.5 Å². The molecule has 4 rings (SSSR count). The van der Waals surface area contributed by atoms with Crippen molar-refractivity contribution in [3.05, 3.63) is 77.9 Å². The lowest BCUT2D eigenvalue weighted by Crippen LogP contribution is -2.42. The highest BCUT2D eigenvalue weighted by molar-refractivity contribution is 5.98. The average molecular weight is 400 g/mol. The third-order valence-corrected chi connectivity index (χ3v) is 5.06. The van der Waals surface area contributed by atoms with Crippen LogP contribution in [0.4, 0.5) is 5.69 Å². The molecule has 3 aromatic carbocycles. The monoisotopic (exact) mass is 400 g/mol. The van der Waals surface area contributed by atoms with Gasteiger partial charge in [-0.15, -0.1) is 0 Å². The van der Waals surface area contributed by atoms with Crippen LogP contribution in [0.5, 0.6) is 5.75 Å². The maximum Gasteiger partial charge on any atom is 0.267 e. The van der Waals surface area contributed by atoms with Crippen molar-refractivity contribution in [1.29, 1.82) is 0 Å². The van der Waals surface area contributed by atoms with Crippen LogP contribution in [-0.2, 0) is 4.79 Å². The zero-order valence-corrected chi connectivity index (χ0v) is 17.5. The molecule has 30 heavy (non-hydrogen) atoms. The molecule has 0 aliphatic rings. The largest absolute Gasteiger partial charge is 0.478 e. The SMILES string of the molecule is Cc1ccc(-c2nc3cc(NC(=O)C(C)(C)Oc4ccccc4)ccc3o2)cc1C. The first kappa shape index (κ1) is 19.7. The molecule has 0 saturated heterocycles. The topological polar surface area (TPSA) is 64.4 Å². The quantitative estimate of drug-likeness (QED) is 0.452. The Hall–Kier alpha value is -3.60. The van der Waals surface area contributed by atoms with Crippen molar-refractivity contribution in [3.8, 4) is 17.2 Å². The minimum absolute atomic E-state index is 0.247. The molecule has 0 aliphatic heterocycles. The molecular formula is C25H24N2O3. The van der Waals surface area contributed by atoms with Crippen LogP contribution in [0.2, 0.25) is 0 Å². The highest BCUT2D eigenvalue weighted by Gasteiger charge is 2.30. The number of oxazole rings is 1. The summed E-state index contributed by atoms with van der Waals surface area (Å²) in [7, 11) is 0. The summed E-state index contributed by atoms with van der Waals surface area (Å²) < 4.78 is 11.8. The lowest BCUT2D eigenvalue weighted by atomic mass is 10.1. The number of aryl methyl sites for hydroxylation is 2. The van der Waals surface area contributed by atoms with Gasteiger partial charge in [0.25, 0.3) is 5.91 Å². The van der Waals surface area contributed by atoms with Gasteiger partial charge in [0.15, 0.2) is 11.2 Å². The molecule has 152 valence electrons. The Kier molecular flexibility index (Phi) is 5.04. The fourth-order valence-corrected chi connectivity index (χ4v) is 3.11. The number of anilines is 1. The molecule has 1 heterocycles. The fourth-order valence-electron chi connectivity index (χ4n) is 3.11. The Morgan fingerprint density at radius 1 is 0.967 bits per heavy atom. The Morgan fingerprint density at radius 3 is 2.47 bits per heavy atom. The van der Waals surface area contributed by atoms with Gasteiger partial charge in [-0.2, -0.15) is 0 Å². The Bertz CT molecular complexity index is 1210. The summed E-state index contributed by atoms with van der Waals surface area (Å²) in [5.74, 6) is 0.954. The molecule has 0 fully saturated rings. The lowest BCUT2D eigenvalue weighted by molar-refractivity contribution is -0.128. The van der Waals surface area contributed by atoms with Crippen LogP contribution >= 0.6 is 0 Å². The highest BCUT2D eigenvalue weighted by Crippen LogP contribution is 2.28. The number of ether oxygens (including phenoxy) is 1. The van der Waals surface area contributed by atoms with Gasteiger partial charge in [0.2, 0.25) is 5.89 Å². The summed E-state index contributed by atoms with van der Waals surface area (Å²) in [5.41, 5.74) is 4.28. The van der Waals surface area contributed by atoms with E-state index in [0.29, 0.717) is 28.4 Å². The van der Waals surface area contributed by atoms with Gasteiger partial charge in [-0.25, -0.2) is 4.98 Å². The third-order valence-electron chi connectivity index (χ3n) is 5.06. The predicted octanol–water partition coefficient (Wildman–Crippen LogP) is 5.91. The molecule has 1 aromatic heterocycles. The average Bonchev–Trinajstić information content (AvgIpc) is 3.14. The van der Waals surface area contributed by atoms with Crippen molar-refractivity contribution in [2.75, 3.05) is 5.32 Å². The second-order valence-corrected chi connectivity index (χ2v) is 7.88. The number of rotatable bonds is 5. The molecule has 5 nitrogen and oxygen atoms in total. The third kappa shape index (κ3) is 4.06. The van der Waals surface area contributed by atoms with Crippen molar-refractivity contribution in [2.24, 2.45) is 0 Å². The van der Waals surface area contributed by atoms with Crippen LogP contribution in [0.1, 0.15) is 25.0 Å². The first-order valence-electron chi connectivity index (χ1n) is 9.85. The van der Waals surface area contributed by atoms with Crippen LogP contribution in [-0.4, -0.2) is 16.5 Å². The van der Waals surface area contributed by atoms with E-state index in [1.807, 2.05) is 42.5 Å². The van der Waals surface area contributed by atoms with Crippen molar-refractivity contribution in [1.82, 2.24) is 4.98 Å². The van der Waals surface area contributed by atoms with Crippen molar-refractivity contribution in [3.63, 3.8) is 0 Å².